The Morgan fingerprint density at radius 1 is 1.05 bits per heavy atom. The third-order valence-corrected chi connectivity index (χ3v) is 4.02. The minimum atomic E-state index is 0.684. The van der Waals surface area contributed by atoms with Gasteiger partial charge in [0, 0.05) is 3.57 Å². The molecule has 0 N–H and O–H groups in total. The summed E-state index contributed by atoms with van der Waals surface area (Å²) in [5.74, 6) is 1.58. The van der Waals surface area contributed by atoms with E-state index in [2.05, 4.69) is 66.8 Å². The van der Waals surface area contributed by atoms with Crippen LogP contribution < -0.4 is 4.74 Å². The molecule has 0 bridgehead atoms. The minimum absolute atomic E-state index is 0.684. The van der Waals surface area contributed by atoms with Crippen LogP contribution in [-0.4, -0.2) is 7.11 Å². The second-order valence-corrected chi connectivity index (χ2v) is 6.30. The first-order chi connectivity index (χ1) is 9.10. The molecule has 2 rings (SSSR count). The van der Waals surface area contributed by atoms with Gasteiger partial charge in [-0.3, -0.25) is 0 Å². The summed E-state index contributed by atoms with van der Waals surface area (Å²) in [7, 11) is 1.70. The molecule has 2 aromatic rings. The Balaban J connectivity index is 2.36. The zero-order chi connectivity index (χ0) is 13.8. The average molecular weight is 366 g/mol. The lowest BCUT2D eigenvalue weighted by Crippen LogP contribution is -1.95. The zero-order valence-corrected chi connectivity index (χ0v) is 13.8. The van der Waals surface area contributed by atoms with E-state index in [1.165, 1.54) is 20.3 Å². The maximum atomic E-state index is 5.21. The van der Waals surface area contributed by atoms with E-state index in [-0.39, 0.29) is 0 Å². The summed E-state index contributed by atoms with van der Waals surface area (Å²) >= 11 is 2.40. The SMILES string of the molecule is COc1ccc(-c2cc(CC(C)C)ccc2I)cc1. The first-order valence-corrected chi connectivity index (χ1v) is 7.61. The van der Waals surface area contributed by atoms with Gasteiger partial charge in [0.2, 0.25) is 0 Å². The smallest absolute Gasteiger partial charge is 0.118 e. The van der Waals surface area contributed by atoms with Crippen LogP contribution >= 0.6 is 22.6 Å². The fourth-order valence-corrected chi connectivity index (χ4v) is 2.81. The zero-order valence-electron chi connectivity index (χ0n) is 11.6. The molecular formula is C17H19IO. The molecule has 2 heteroatoms. The van der Waals surface area contributed by atoms with Gasteiger partial charge >= 0.3 is 0 Å². The molecule has 0 atom stereocenters. The standard InChI is InChI=1S/C17H19IO/c1-12(2)10-13-4-9-17(18)16(11-13)14-5-7-15(19-3)8-6-14/h4-9,11-12H,10H2,1-3H3. The van der Waals surface area contributed by atoms with E-state index < -0.39 is 0 Å². The minimum Gasteiger partial charge on any atom is -0.497 e. The molecule has 0 fully saturated rings. The number of rotatable bonds is 4. The van der Waals surface area contributed by atoms with Gasteiger partial charge < -0.3 is 4.74 Å². The fraction of sp³-hybridized carbons (Fsp3) is 0.294. The molecule has 2 aromatic carbocycles. The van der Waals surface area contributed by atoms with Crippen LogP contribution in [0.5, 0.6) is 5.75 Å². The summed E-state index contributed by atoms with van der Waals surface area (Å²) < 4.78 is 6.50. The van der Waals surface area contributed by atoms with Crippen LogP contribution in [0.2, 0.25) is 0 Å². The third-order valence-electron chi connectivity index (χ3n) is 3.08. The van der Waals surface area contributed by atoms with Crippen LogP contribution in [0, 0.1) is 9.49 Å². The number of benzene rings is 2. The molecule has 0 unspecified atom stereocenters. The normalized spacial score (nSPS) is 10.8. The number of methoxy groups -OCH3 is 1. The quantitative estimate of drug-likeness (QED) is 0.679. The van der Waals surface area contributed by atoms with Gasteiger partial charge in [-0.2, -0.15) is 0 Å². The monoisotopic (exact) mass is 366 g/mol. The summed E-state index contributed by atoms with van der Waals surface area (Å²) in [5.41, 5.74) is 3.96. The first kappa shape index (κ1) is 14.4. The van der Waals surface area contributed by atoms with E-state index in [9.17, 15) is 0 Å². The molecule has 0 heterocycles. The molecule has 0 amide bonds. The van der Waals surface area contributed by atoms with Crippen molar-refractivity contribution in [3.8, 4) is 16.9 Å². The maximum Gasteiger partial charge on any atom is 0.118 e. The Kier molecular flexibility index (Phi) is 4.86. The van der Waals surface area contributed by atoms with Crippen LogP contribution in [0.15, 0.2) is 42.5 Å². The highest BCUT2D eigenvalue weighted by molar-refractivity contribution is 14.1. The molecule has 1 nitrogen and oxygen atoms in total. The molecular weight excluding hydrogens is 347 g/mol. The summed E-state index contributed by atoms with van der Waals surface area (Å²) in [5, 5.41) is 0. The highest BCUT2D eigenvalue weighted by atomic mass is 127. The van der Waals surface area contributed by atoms with Crippen LogP contribution in [0.25, 0.3) is 11.1 Å². The maximum absolute atomic E-state index is 5.21. The van der Waals surface area contributed by atoms with Crippen molar-refractivity contribution >= 4 is 22.6 Å². The molecule has 0 saturated heterocycles. The van der Waals surface area contributed by atoms with Crippen molar-refractivity contribution < 1.29 is 4.74 Å². The number of halogens is 1. The van der Waals surface area contributed by atoms with E-state index in [0.717, 1.165) is 12.2 Å². The summed E-state index contributed by atoms with van der Waals surface area (Å²) in [4.78, 5) is 0. The fourth-order valence-electron chi connectivity index (χ4n) is 2.16. The Morgan fingerprint density at radius 3 is 2.32 bits per heavy atom. The molecule has 0 aliphatic heterocycles. The first-order valence-electron chi connectivity index (χ1n) is 6.53. The van der Waals surface area contributed by atoms with E-state index in [1.807, 2.05) is 12.1 Å². The van der Waals surface area contributed by atoms with Crippen molar-refractivity contribution in [1.82, 2.24) is 0 Å². The molecule has 0 saturated carbocycles. The Bertz CT molecular complexity index is 544. The van der Waals surface area contributed by atoms with Crippen molar-refractivity contribution in [2.24, 2.45) is 5.92 Å². The molecule has 0 spiro atoms. The van der Waals surface area contributed by atoms with Gasteiger partial charge in [0.1, 0.15) is 5.75 Å². The largest absolute Gasteiger partial charge is 0.497 e. The number of hydrogen-bond acceptors (Lipinski definition) is 1. The summed E-state index contributed by atoms with van der Waals surface area (Å²) in [6.07, 6.45) is 1.13. The van der Waals surface area contributed by atoms with Gasteiger partial charge in [-0.1, -0.05) is 38.1 Å². The van der Waals surface area contributed by atoms with Gasteiger partial charge in [0.25, 0.3) is 0 Å². The van der Waals surface area contributed by atoms with Crippen molar-refractivity contribution in [2.75, 3.05) is 7.11 Å². The summed E-state index contributed by atoms with van der Waals surface area (Å²) in [6, 6.07) is 15.0. The molecule has 0 aromatic heterocycles. The summed E-state index contributed by atoms with van der Waals surface area (Å²) in [6.45, 7) is 4.51. The van der Waals surface area contributed by atoms with E-state index in [4.69, 9.17) is 4.74 Å². The number of hydrogen-bond donors (Lipinski definition) is 0. The Hall–Kier alpha value is -1.03. The lowest BCUT2D eigenvalue weighted by molar-refractivity contribution is 0.415. The molecule has 100 valence electrons. The van der Waals surface area contributed by atoms with Crippen LogP contribution in [0.3, 0.4) is 0 Å². The molecule has 0 aliphatic rings. The van der Waals surface area contributed by atoms with E-state index in [1.54, 1.807) is 7.11 Å². The Morgan fingerprint density at radius 2 is 1.74 bits per heavy atom. The highest BCUT2D eigenvalue weighted by Crippen LogP contribution is 2.28. The van der Waals surface area contributed by atoms with Gasteiger partial charge in [-0.05, 0) is 69.8 Å². The second kappa shape index (κ2) is 6.42. The Labute approximate surface area is 129 Å². The van der Waals surface area contributed by atoms with Crippen LogP contribution in [0.1, 0.15) is 19.4 Å². The van der Waals surface area contributed by atoms with Crippen molar-refractivity contribution in [2.45, 2.75) is 20.3 Å². The van der Waals surface area contributed by atoms with Crippen LogP contribution in [0.4, 0.5) is 0 Å². The number of ether oxygens (including phenoxy) is 1. The van der Waals surface area contributed by atoms with Gasteiger partial charge in [-0.25, -0.2) is 0 Å². The van der Waals surface area contributed by atoms with Gasteiger partial charge in [0.15, 0.2) is 0 Å². The lowest BCUT2D eigenvalue weighted by Gasteiger charge is -2.10. The predicted molar refractivity (Wildman–Crippen MR) is 89.7 cm³/mol. The van der Waals surface area contributed by atoms with Crippen LogP contribution in [-0.2, 0) is 6.42 Å². The van der Waals surface area contributed by atoms with Gasteiger partial charge in [0.05, 0.1) is 7.11 Å². The predicted octanol–water partition coefficient (Wildman–Crippen LogP) is 5.17. The van der Waals surface area contributed by atoms with E-state index >= 15 is 0 Å². The average Bonchev–Trinajstić information content (AvgIpc) is 2.40. The molecule has 19 heavy (non-hydrogen) atoms. The topological polar surface area (TPSA) is 9.23 Å². The second-order valence-electron chi connectivity index (χ2n) is 5.14. The van der Waals surface area contributed by atoms with Crippen molar-refractivity contribution in [1.29, 1.82) is 0 Å². The molecule has 0 radical (unpaired) electrons. The lowest BCUT2D eigenvalue weighted by atomic mass is 9.98. The van der Waals surface area contributed by atoms with Gasteiger partial charge in [-0.15, -0.1) is 0 Å². The highest BCUT2D eigenvalue weighted by Gasteiger charge is 2.06. The molecule has 0 aliphatic carbocycles. The van der Waals surface area contributed by atoms with Crippen molar-refractivity contribution in [3.05, 3.63) is 51.6 Å². The van der Waals surface area contributed by atoms with Crippen molar-refractivity contribution in [3.63, 3.8) is 0 Å². The van der Waals surface area contributed by atoms with E-state index in [0.29, 0.717) is 5.92 Å². The third kappa shape index (κ3) is 3.72.